The van der Waals surface area contributed by atoms with Crippen LogP contribution in [0.4, 0.5) is 28.4 Å². The summed E-state index contributed by atoms with van der Waals surface area (Å²) in [4.78, 5) is 128. The van der Waals surface area contributed by atoms with E-state index in [0.29, 0.717) is 109 Å². The summed E-state index contributed by atoms with van der Waals surface area (Å²) in [6, 6.07) is 28.9. The van der Waals surface area contributed by atoms with Gasteiger partial charge < -0.3 is 48.5 Å². The first kappa shape index (κ1) is 73.8. The quantitative estimate of drug-likeness (QED) is 0.0535. The molecule has 6 aliphatic heterocycles. The molecule has 0 aromatic heterocycles. The lowest BCUT2D eigenvalue weighted by molar-refractivity contribution is -0.201. The van der Waals surface area contributed by atoms with Gasteiger partial charge in [-0.25, -0.2) is 4.79 Å². The number of aliphatic imine (C=N–C) groups is 1. The second-order valence-corrected chi connectivity index (χ2v) is 34.0. The van der Waals surface area contributed by atoms with E-state index < -0.39 is 55.8 Å². The van der Waals surface area contributed by atoms with Crippen molar-refractivity contribution in [3.63, 3.8) is 0 Å². The van der Waals surface area contributed by atoms with Crippen molar-refractivity contribution in [3.05, 3.63) is 124 Å². The molecule has 103 heavy (non-hydrogen) atoms. The molecule has 1 saturated carbocycles. The molecule has 5 aromatic carbocycles. The summed E-state index contributed by atoms with van der Waals surface area (Å²) in [5.74, 6) is -1.56. The predicted molar refractivity (Wildman–Crippen MR) is 396 cm³/mol. The van der Waals surface area contributed by atoms with Gasteiger partial charge in [-0.15, -0.1) is 16.8 Å². The highest BCUT2D eigenvalue weighted by Gasteiger charge is 2.48. The van der Waals surface area contributed by atoms with Gasteiger partial charge in [0.25, 0.3) is 23.6 Å². The SMILES string of the molecule is COc1cc2c(cc1OCc1cc(COc3cc4c(cc3OC)C(=O)N3c5ccccc5C[C@H]3CN4)cc(N(C(C)(C)CCOC(C)(C)C)C(C)(C)CC(C)(C)C(=O)N(C)CC(C)(C)SC3CC(=O)N(CC4CCC(C(=O)ON5C(=O)CCC5=O)CC4)C3=O)c1)N=C[C@@H]1Cc3ccccc3N1C2=O. The largest absolute Gasteiger partial charge is 0.493 e. The van der Waals surface area contributed by atoms with E-state index in [9.17, 15) is 33.6 Å². The van der Waals surface area contributed by atoms with Crippen LogP contribution >= 0.6 is 11.8 Å². The maximum atomic E-state index is 15.3. The Labute approximate surface area is 608 Å². The Bertz CT molecular complexity index is 4190. The zero-order chi connectivity index (χ0) is 73.8. The minimum atomic E-state index is -0.974. The van der Waals surface area contributed by atoms with E-state index in [1.807, 2.05) is 114 Å². The van der Waals surface area contributed by atoms with Crippen molar-refractivity contribution in [2.45, 2.75) is 199 Å². The molecule has 1 N–H and O–H groups in total. The number of benzene rings is 5. The number of imide groups is 2. The Morgan fingerprint density at radius 2 is 1.25 bits per heavy atom. The van der Waals surface area contributed by atoms with Gasteiger partial charge >= 0.3 is 5.97 Å². The van der Waals surface area contributed by atoms with Crippen molar-refractivity contribution in [2.24, 2.45) is 22.2 Å². The molecular formula is C80H98N8O14S. The molecule has 7 aliphatic rings. The van der Waals surface area contributed by atoms with Crippen LogP contribution in [0, 0.1) is 17.3 Å². The number of amides is 7. The number of anilines is 4. The van der Waals surface area contributed by atoms with Crippen molar-refractivity contribution in [3.8, 4) is 23.0 Å². The van der Waals surface area contributed by atoms with Gasteiger partial charge in [0.05, 0.1) is 65.6 Å². The van der Waals surface area contributed by atoms with Crippen LogP contribution in [-0.2, 0) is 64.4 Å². The third-order valence-corrected chi connectivity index (χ3v) is 22.3. The van der Waals surface area contributed by atoms with E-state index in [-0.39, 0.29) is 93.1 Å². The topological polar surface area (TPSA) is 236 Å². The van der Waals surface area contributed by atoms with Gasteiger partial charge in [-0.2, -0.15) is 0 Å². The van der Waals surface area contributed by atoms with Gasteiger partial charge in [0.2, 0.25) is 17.7 Å². The number of likely N-dealkylation sites (tertiary alicyclic amines) is 1. The normalized spacial score (nSPS) is 20.3. The lowest BCUT2D eigenvalue weighted by Gasteiger charge is -2.53. The summed E-state index contributed by atoms with van der Waals surface area (Å²) in [6.45, 7) is 24.3. The predicted octanol–water partition coefficient (Wildman–Crippen LogP) is 12.6. The van der Waals surface area contributed by atoms with Gasteiger partial charge in [0.1, 0.15) is 13.2 Å². The third kappa shape index (κ3) is 15.6. The average Bonchev–Trinajstić information content (AvgIpc) is 1.60. The number of nitrogens with one attached hydrogen (secondary N) is 1. The first-order valence-electron chi connectivity index (χ1n) is 35.9. The Morgan fingerprint density at radius 1 is 0.660 bits per heavy atom. The van der Waals surface area contributed by atoms with Gasteiger partial charge in [0, 0.05) is 116 Å². The highest BCUT2D eigenvalue weighted by atomic mass is 32.2. The first-order valence-corrected chi connectivity index (χ1v) is 36.8. The minimum absolute atomic E-state index is 0.0115. The van der Waals surface area contributed by atoms with Crippen LogP contribution in [0.25, 0.3) is 0 Å². The highest BCUT2D eigenvalue weighted by molar-refractivity contribution is 8.02. The number of hydroxylamine groups is 2. The molecule has 2 saturated heterocycles. The Hall–Kier alpha value is -8.96. The fourth-order valence-electron chi connectivity index (χ4n) is 16.6. The van der Waals surface area contributed by atoms with E-state index in [2.05, 4.69) is 56.1 Å². The van der Waals surface area contributed by atoms with Gasteiger partial charge in [-0.05, 0) is 178 Å². The van der Waals surface area contributed by atoms with Gasteiger partial charge in [-0.3, -0.25) is 48.4 Å². The number of hydrogen-bond donors (Lipinski definition) is 1. The van der Waals surface area contributed by atoms with E-state index >= 15 is 4.79 Å². The molecule has 548 valence electrons. The van der Waals surface area contributed by atoms with Crippen LogP contribution in [0.2, 0.25) is 0 Å². The molecule has 23 heteroatoms. The Morgan fingerprint density at radius 3 is 1.88 bits per heavy atom. The molecule has 12 rings (SSSR count). The van der Waals surface area contributed by atoms with Crippen LogP contribution in [0.1, 0.15) is 177 Å². The molecule has 3 atom stereocenters. The molecule has 5 aromatic rings. The van der Waals surface area contributed by atoms with Crippen molar-refractivity contribution in [2.75, 3.05) is 67.5 Å². The highest BCUT2D eigenvalue weighted by Crippen LogP contribution is 2.47. The summed E-state index contributed by atoms with van der Waals surface area (Å²) < 4.78 is 31.5. The monoisotopic (exact) mass is 1430 g/mol. The van der Waals surface area contributed by atoms with Gasteiger partial charge in [0.15, 0.2) is 23.0 Å². The number of ether oxygens (including phenoxy) is 5. The number of hydrogen-bond acceptors (Lipinski definition) is 18. The van der Waals surface area contributed by atoms with Crippen LogP contribution in [0.3, 0.4) is 0 Å². The van der Waals surface area contributed by atoms with Gasteiger partial charge in [-0.1, -0.05) is 50.2 Å². The molecule has 0 spiro atoms. The fourth-order valence-corrected chi connectivity index (χ4v) is 18.1. The van der Waals surface area contributed by atoms with Crippen molar-refractivity contribution >= 4 is 93.7 Å². The molecule has 0 radical (unpaired) electrons. The molecule has 6 heterocycles. The lowest BCUT2D eigenvalue weighted by Crippen LogP contribution is -2.59. The Balaban J connectivity index is 0.799. The number of methoxy groups -OCH3 is 2. The number of fused-ring (bicyclic) bond motifs is 8. The first-order chi connectivity index (χ1) is 48.7. The number of para-hydroxylation sites is 2. The molecule has 0 bridgehead atoms. The number of carbonyl (C=O) groups is 8. The van der Waals surface area contributed by atoms with Crippen molar-refractivity contribution in [1.82, 2.24) is 14.9 Å². The van der Waals surface area contributed by atoms with Crippen LogP contribution in [-0.4, -0.2) is 155 Å². The van der Waals surface area contributed by atoms with E-state index in [1.165, 1.54) is 16.7 Å². The fraction of sp³-hybridized carbons (Fsp3) is 0.512. The molecule has 3 fully saturated rings. The van der Waals surface area contributed by atoms with E-state index in [0.717, 1.165) is 45.7 Å². The van der Waals surface area contributed by atoms with Crippen LogP contribution in [0.5, 0.6) is 23.0 Å². The molecule has 7 amide bonds. The summed E-state index contributed by atoms with van der Waals surface area (Å²) in [7, 11) is 4.91. The maximum Gasteiger partial charge on any atom is 0.336 e. The second kappa shape index (κ2) is 28.9. The summed E-state index contributed by atoms with van der Waals surface area (Å²) in [6.07, 6.45) is 6.23. The van der Waals surface area contributed by atoms with Crippen molar-refractivity contribution < 1.29 is 66.9 Å². The number of rotatable bonds is 25. The second-order valence-electron chi connectivity index (χ2n) is 32.1. The number of nitrogens with zero attached hydrogens (tertiary/aromatic N) is 7. The lowest BCUT2D eigenvalue weighted by atomic mass is 9.76. The average molecular weight is 1430 g/mol. The molecular weight excluding hydrogens is 1330 g/mol. The zero-order valence-electron chi connectivity index (χ0n) is 61.9. The smallest absolute Gasteiger partial charge is 0.336 e. The summed E-state index contributed by atoms with van der Waals surface area (Å²) in [5.41, 5.74) is 5.48. The zero-order valence-corrected chi connectivity index (χ0v) is 62.7. The summed E-state index contributed by atoms with van der Waals surface area (Å²) >= 11 is 1.40. The number of carbonyl (C=O) groups excluding carboxylic acids is 8. The standard InChI is InChI=1S/C80H98N8O14S/c1-76(2,3)101-30-29-78(6,7)88(79(8,9)46-77(4,5)75(96)83(12)47-80(10,11)103-67-40-70(91)84(73(67)94)43-48-23-25-51(26-24-48)74(95)102-87-68(89)27-28-69(87)90)54-32-49(44-99-65-38-59-57(36-63(65)97-13)71(92)85-55(41-81-59)34-52-19-15-17-21-61(52)85)31-50(33-54)45-100-66-39-60-58(37-64(66)98-14)72(93)86-56(42-82-60)35-53-20-16-18-22-62(53)86/h15-22,31-33,36-39,41,48,51,55-56,67,82H,23-30,34-35,40,42-47H2,1-14H3/t48?,51?,55-,56-,67?/m0/s1. The number of thioether (sulfide) groups is 1. The maximum absolute atomic E-state index is 15.3. The van der Waals surface area contributed by atoms with Crippen molar-refractivity contribution in [1.29, 1.82) is 0 Å². The minimum Gasteiger partial charge on any atom is -0.493 e. The Kier molecular flexibility index (Phi) is 20.7. The molecule has 1 unspecified atom stereocenters. The van der Waals surface area contributed by atoms with Crippen LogP contribution in [0.15, 0.2) is 96.0 Å². The summed E-state index contributed by atoms with van der Waals surface area (Å²) in [5, 5.41) is 3.49. The van der Waals surface area contributed by atoms with E-state index in [4.69, 9.17) is 33.5 Å². The third-order valence-electron chi connectivity index (χ3n) is 20.9. The molecule has 1 aliphatic carbocycles. The van der Waals surface area contributed by atoms with Crippen LogP contribution < -0.4 is 39.0 Å². The molecule has 22 nitrogen and oxygen atoms in total. The van der Waals surface area contributed by atoms with E-state index in [1.54, 1.807) is 49.3 Å².